The number of halogens is 3. The van der Waals surface area contributed by atoms with Crippen LogP contribution in [0.4, 0.5) is 4.79 Å². The van der Waals surface area contributed by atoms with E-state index in [1.165, 1.54) is 0 Å². The Hall–Kier alpha value is -0.0231. The van der Waals surface area contributed by atoms with E-state index in [2.05, 4.69) is 39.2 Å². The summed E-state index contributed by atoms with van der Waals surface area (Å²) in [5.41, 5.74) is 0. The van der Waals surface area contributed by atoms with Crippen LogP contribution in [0, 0.1) is 0 Å². The Morgan fingerprint density at radius 1 is 1.23 bits per heavy atom. The number of hydrogen-bond donors (Lipinski definition) is 1. The van der Waals surface area contributed by atoms with Gasteiger partial charge in [-0.25, -0.2) is 4.79 Å². The van der Waals surface area contributed by atoms with Gasteiger partial charge in [0.15, 0.2) is 14.1 Å². The minimum absolute atomic E-state index is 0.0677. The molecule has 0 radical (unpaired) electrons. The van der Waals surface area contributed by atoms with Gasteiger partial charge >= 0.3 is 6.09 Å². The first-order valence-electron chi connectivity index (χ1n) is 10.1. The van der Waals surface area contributed by atoms with Crippen molar-refractivity contribution in [2.45, 2.75) is 93.9 Å². The number of allylic oxidation sites excluding steroid dienone is 1. The Morgan fingerprint density at radius 3 is 2.33 bits per heavy atom. The molecule has 0 unspecified atom stereocenters. The van der Waals surface area contributed by atoms with E-state index in [1.54, 1.807) is 0 Å². The predicted molar refractivity (Wildman–Crippen MR) is 125 cm³/mol. The van der Waals surface area contributed by atoms with Crippen LogP contribution in [0.15, 0.2) is 12.2 Å². The molecule has 0 bridgehead atoms. The van der Waals surface area contributed by atoms with E-state index >= 15 is 0 Å². The monoisotopic (exact) mass is 503 g/mol. The van der Waals surface area contributed by atoms with Gasteiger partial charge in [-0.05, 0) is 38.4 Å². The molecule has 1 heterocycles. The van der Waals surface area contributed by atoms with Crippen molar-refractivity contribution in [2.75, 3.05) is 13.2 Å². The van der Waals surface area contributed by atoms with Crippen LogP contribution in [0.5, 0.6) is 0 Å². The number of alkyl halides is 3. The van der Waals surface area contributed by atoms with Crippen molar-refractivity contribution in [1.82, 2.24) is 5.32 Å². The molecule has 30 heavy (non-hydrogen) atoms. The van der Waals surface area contributed by atoms with Crippen LogP contribution in [0.3, 0.4) is 0 Å². The van der Waals surface area contributed by atoms with Gasteiger partial charge < -0.3 is 24.0 Å². The second-order valence-electron chi connectivity index (χ2n) is 9.41. The van der Waals surface area contributed by atoms with E-state index in [9.17, 15) is 4.79 Å². The molecular formula is C20H36Cl3NO5Si. The van der Waals surface area contributed by atoms with Gasteiger partial charge in [0.1, 0.15) is 18.8 Å². The van der Waals surface area contributed by atoms with E-state index in [1.807, 2.05) is 32.9 Å². The Kier molecular flexibility index (Phi) is 10.0. The molecule has 0 spiro atoms. The summed E-state index contributed by atoms with van der Waals surface area (Å²) in [5.74, 6) is -0.812. The third-order valence-electron chi connectivity index (χ3n) is 5.22. The van der Waals surface area contributed by atoms with Crippen LogP contribution in [0.2, 0.25) is 18.1 Å². The zero-order valence-corrected chi connectivity index (χ0v) is 22.5. The van der Waals surface area contributed by atoms with E-state index in [0.29, 0.717) is 6.61 Å². The summed E-state index contributed by atoms with van der Waals surface area (Å²) >= 11 is 17.0. The van der Waals surface area contributed by atoms with Crippen molar-refractivity contribution < 1.29 is 23.4 Å². The van der Waals surface area contributed by atoms with Crippen LogP contribution in [0.1, 0.15) is 48.0 Å². The van der Waals surface area contributed by atoms with Gasteiger partial charge in [-0.2, -0.15) is 0 Å². The zero-order valence-electron chi connectivity index (χ0n) is 19.2. The highest BCUT2D eigenvalue weighted by Crippen LogP contribution is 2.38. The van der Waals surface area contributed by atoms with Gasteiger partial charge in [0, 0.05) is 0 Å². The molecule has 1 rings (SSSR count). The van der Waals surface area contributed by atoms with Gasteiger partial charge in [0.05, 0.1) is 12.6 Å². The van der Waals surface area contributed by atoms with Crippen molar-refractivity contribution in [3.8, 4) is 0 Å². The van der Waals surface area contributed by atoms with Crippen molar-refractivity contribution in [2.24, 2.45) is 0 Å². The Labute approximate surface area is 197 Å². The summed E-state index contributed by atoms with van der Waals surface area (Å²) in [6.07, 6.45) is 3.07. The number of hydrogen-bond acceptors (Lipinski definition) is 5. The van der Waals surface area contributed by atoms with Gasteiger partial charge in [0.25, 0.3) is 0 Å². The number of alkyl carbamates (subject to hydrolysis) is 1. The maximum Gasteiger partial charge on any atom is 0.407 e. The summed E-state index contributed by atoms with van der Waals surface area (Å²) in [6, 6.07) is -0.498. The molecule has 176 valence electrons. The van der Waals surface area contributed by atoms with E-state index < -0.39 is 36.1 Å². The minimum Gasteiger partial charge on any atom is -0.445 e. The SMILES string of the molecule is CC/C=C/[C@@H](NC(=O)OCC(Cl)(Cl)Cl)[C@@H]1OC(C)(C)O[C@H]1CO[Si](C)(C)C(C)(C)C. The first-order valence-corrected chi connectivity index (χ1v) is 14.2. The smallest absolute Gasteiger partial charge is 0.407 e. The van der Waals surface area contributed by atoms with Crippen molar-refractivity contribution in [3.05, 3.63) is 12.2 Å². The van der Waals surface area contributed by atoms with E-state index in [0.717, 1.165) is 6.42 Å². The fourth-order valence-corrected chi connectivity index (χ4v) is 3.83. The van der Waals surface area contributed by atoms with E-state index in [4.69, 9.17) is 53.4 Å². The average Bonchev–Trinajstić information content (AvgIpc) is 2.88. The standard InChI is InChI=1S/C20H36Cl3NO5Si/c1-9-10-11-14(24-17(25)26-13-20(21,22)23)16-15(28-19(5,6)29-16)12-27-30(7,8)18(2,3)4/h10-11,14-16H,9,12-13H2,1-8H3,(H,24,25)/b11-10+/t14-,15+,16+/m1/s1. The lowest BCUT2D eigenvalue weighted by Gasteiger charge is -2.37. The number of ether oxygens (including phenoxy) is 3. The maximum atomic E-state index is 12.3. The molecule has 6 nitrogen and oxygen atoms in total. The summed E-state index contributed by atoms with van der Waals surface area (Å²) in [5, 5.41) is 2.86. The highest BCUT2D eigenvalue weighted by molar-refractivity contribution is 6.74. The predicted octanol–water partition coefficient (Wildman–Crippen LogP) is 5.96. The first-order chi connectivity index (χ1) is 13.5. The third-order valence-corrected chi connectivity index (χ3v) is 10.0. The average molecular weight is 505 g/mol. The normalized spacial score (nSPS) is 23.6. The molecule has 0 aromatic carbocycles. The van der Waals surface area contributed by atoms with Crippen LogP contribution in [0.25, 0.3) is 0 Å². The molecule has 1 amide bonds. The second-order valence-corrected chi connectivity index (χ2v) is 16.7. The fraction of sp³-hybridized carbons (Fsp3) is 0.850. The highest BCUT2D eigenvalue weighted by atomic mass is 35.6. The van der Waals surface area contributed by atoms with Gasteiger partial charge in [-0.1, -0.05) is 74.6 Å². The maximum absolute atomic E-state index is 12.3. The van der Waals surface area contributed by atoms with Crippen molar-refractivity contribution in [1.29, 1.82) is 0 Å². The lowest BCUT2D eigenvalue weighted by atomic mass is 10.1. The van der Waals surface area contributed by atoms with Crippen LogP contribution in [-0.2, 0) is 18.6 Å². The number of carbonyl (C=O) groups excluding carboxylic acids is 1. The molecule has 0 saturated carbocycles. The lowest BCUT2D eigenvalue weighted by Crippen LogP contribution is -2.50. The van der Waals surface area contributed by atoms with Crippen LogP contribution < -0.4 is 5.32 Å². The zero-order chi connectivity index (χ0) is 23.4. The van der Waals surface area contributed by atoms with Crippen LogP contribution >= 0.6 is 34.8 Å². The summed E-state index contributed by atoms with van der Waals surface area (Å²) < 4.78 is 22.0. The molecule has 10 heteroatoms. The van der Waals surface area contributed by atoms with E-state index in [-0.39, 0.29) is 17.7 Å². The second kappa shape index (κ2) is 10.7. The van der Waals surface area contributed by atoms with Gasteiger partial charge in [-0.3, -0.25) is 0 Å². The largest absolute Gasteiger partial charge is 0.445 e. The summed E-state index contributed by atoms with van der Waals surface area (Å²) in [6.45, 7) is 16.6. The minimum atomic E-state index is -1.98. The molecule has 1 fully saturated rings. The lowest BCUT2D eigenvalue weighted by molar-refractivity contribution is -0.149. The molecule has 1 saturated heterocycles. The third kappa shape index (κ3) is 9.23. The number of nitrogens with one attached hydrogen (secondary N) is 1. The molecule has 1 N–H and O–H groups in total. The fourth-order valence-electron chi connectivity index (χ4n) is 2.65. The molecule has 0 aromatic rings. The highest BCUT2D eigenvalue weighted by Gasteiger charge is 2.47. The summed E-state index contributed by atoms with van der Waals surface area (Å²) in [7, 11) is -1.98. The number of rotatable bonds is 8. The topological polar surface area (TPSA) is 66.0 Å². The van der Waals surface area contributed by atoms with Crippen molar-refractivity contribution in [3.63, 3.8) is 0 Å². The van der Waals surface area contributed by atoms with Crippen molar-refractivity contribution >= 4 is 49.2 Å². The summed E-state index contributed by atoms with van der Waals surface area (Å²) in [4.78, 5) is 12.3. The van der Waals surface area contributed by atoms with Gasteiger partial charge in [0.2, 0.25) is 3.79 Å². The molecule has 3 atom stereocenters. The van der Waals surface area contributed by atoms with Gasteiger partial charge in [-0.15, -0.1) is 0 Å². The molecule has 0 aliphatic carbocycles. The Morgan fingerprint density at radius 2 is 1.83 bits per heavy atom. The Balaban J connectivity index is 2.95. The molecule has 1 aliphatic heterocycles. The number of amides is 1. The molecule has 1 aliphatic rings. The quantitative estimate of drug-likeness (QED) is 0.251. The number of carbonyl (C=O) groups is 1. The Bertz CT molecular complexity index is 602. The molecular weight excluding hydrogens is 469 g/mol. The van der Waals surface area contributed by atoms with Crippen LogP contribution in [-0.4, -0.2) is 55.5 Å². The first kappa shape index (κ1) is 28.0. The molecule has 0 aromatic heterocycles.